The molecule has 2 unspecified atom stereocenters. The summed E-state index contributed by atoms with van der Waals surface area (Å²) in [7, 11) is -4.87. The third-order valence-electron chi connectivity index (χ3n) is 8.05. The maximum Gasteiger partial charge on any atom is 0.472 e. The second-order valence-corrected chi connectivity index (χ2v) is 16.4. The maximum atomic E-state index is 13.4. The summed E-state index contributed by atoms with van der Waals surface area (Å²) in [4.78, 5) is 57.5. The topological polar surface area (TPSA) is 292 Å². The number of hydrogen-bond donors (Lipinski definition) is 6. The van der Waals surface area contributed by atoms with Crippen LogP contribution in [0.2, 0.25) is 0 Å². The monoisotopic (exact) mass is 718 g/mol. The van der Waals surface area contributed by atoms with E-state index in [1.807, 2.05) is 0 Å². The highest BCUT2D eigenvalue weighted by Crippen LogP contribution is 2.59. The van der Waals surface area contributed by atoms with Crippen LogP contribution in [0.1, 0.15) is 11.6 Å². The molecule has 10 atom stereocenters. The van der Waals surface area contributed by atoms with E-state index in [2.05, 4.69) is 29.9 Å². The van der Waals surface area contributed by atoms with Crippen molar-refractivity contribution in [3.63, 3.8) is 0 Å². The van der Waals surface area contributed by atoms with Gasteiger partial charge >= 0.3 is 14.5 Å². The highest BCUT2D eigenvalue weighted by atomic mass is 32.5. The van der Waals surface area contributed by atoms with Gasteiger partial charge < -0.3 is 40.4 Å². The Kier molecular flexibility index (Phi) is 7.13. The molecule has 8 heterocycles. The Morgan fingerprint density at radius 1 is 1.04 bits per heavy atom. The predicted octanol–water partition coefficient (Wildman–Crippen LogP) is -1.10. The van der Waals surface area contributed by atoms with Crippen molar-refractivity contribution in [1.29, 1.82) is 0 Å². The lowest BCUT2D eigenvalue weighted by Crippen LogP contribution is -2.45. The molecule has 4 saturated heterocycles. The van der Waals surface area contributed by atoms with Gasteiger partial charge in [0.1, 0.15) is 41.1 Å². The number of anilines is 2. The summed E-state index contributed by atoms with van der Waals surface area (Å²) in [6, 6.07) is 0. The van der Waals surface area contributed by atoms with Crippen molar-refractivity contribution in [2.24, 2.45) is 0 Å². The van der Waals surface area contributed by atoms with Crippen LogP contribution in [0.5, 0.6) is 0 Å². The van der Waals surface area contributed by atoms with Crippen molar-refractivity contribution >= 4 is 72.2 Å². The quantitative estimate of drug-likeness (QED) is 0.134. The predicted molar refractivity (Wildman–Crippen MR) is 159 cm³/mol. The number of thioether (sulfide) groups is 1. The first kappa shape index (κ1) is 30.7. The van der Waals surface area contributed by atoms with E-state index >= 15 is 0 Å². The van der Waals surface area contributed by atoms with Gasteiger partial charge in [0, 0.05) is 0 Å². The molecule has 25 heteroatoms. The zero-order valence-electron chi connectivity index (χ0n) is 23.0. The molecule has 4 aromatic heterocycles. The number of aliphatic hydroxyl groups is 1. The van der Waals surface area contributed by atoms with E-state index in [9.17, 15) is 24.3 Å². The molecular formula is C21H24N10O11P2S2. The van der Waals surface area contributed by atoms with E-state index in [4.69, 9.17) is 50.8 Å². The highest BCUT2D eigenvalue weighted by Gasteiger charge is 2.66. The van der Waals surface area contributed by atoms with Crippen LogP contribution >= 0.6 is 26.3 Å². The molecular weight excluding hydrogens is 694 g/mol. The van der Waals surface area contributed by atoms with Gasteiger partial charge in [0.25, 0.3) is 5.56 Å². The number of ether oxygens (including phenoxy) is 2. The Morgan fingerprint density at radius 3 is 2.65 bits per heavy atom. The van der Waals surface area contributed by atoms with Crippen LogP contribution in [-0.4, -0.2) is 109 Å². The Morgan fingerprint density at radius 2 is 1.83 bits per heavy atom. The molecule has 4 bridgehead atoms. The molecule has 8 rings (SSSR count). The number of aliphatic hydroxyl groups excluding tert-OH is 1. The van der Waals surface area contributed by atoms with Gasteiger partial charge in [0.2, 0.25) is 5.95 Å². The first-order valence-electron chi connectivity index (χ1n) is 13.4. The van der Waals surface area contributed by atoms with Gasteiger partial charge in [0.15, 0.2) is 28.9 Å². The smallest absolute Gasteiger partial charge is 0.389 e. The lowest BCUT2D eigenvalue weighted by molar-refractivity contribution is -0.183. The number of imidazole rings is 2. The van der Waals surface area contributed by atoms with Gasteiger partial charge in [-0.15, -0.1) is 11.8 Å². The van der Waals surface area contributed by atoms with Gasteiger partial charge in [-0.3, -0.25) is 32.5 Å². The van der Waals surface area contributed by atoms with Gasteiger partial charge in [0.05, 0.1) is 43.8 Å². The zero-order chi connectivity index (χ0) is 32.2. The second kappa shape index (κ2) is 10.7. The molecule has 4 aliphatic rings. The number of aromatic amines is 1. The largest absolute Gasteiger partial charge is 0.472 e. The molecule has 0 aromatic carbocycles. The Hall–Kier alpha value is -2.63. The van der Waals surface area contributed by atoms with E-state index in [0.29, 0.717) is 11.2 Å². The van der Waals surface area contributed by atoms with Crippen molar-refractivity contribution in [1.82, 2.24) is 39.0 Å². The summed E-state index contributed by atoms with van der Waals surface area (Å²) in [5, 5.41) is 9.42. The number of nitrogens with one attached hydrogen (secondary N) is 1. The van der Waals surface area contributed by atoms with Gasteiger partial charge in [-0.05, 0) is 11.8 Å². The van der Waals surface area contributed by atoms with Gasteiger partial charge in [-0.1, -0.05) is 0 Å². The van der Waals surface area contributed by atoms with Gasteiger partial charge in [-0.25, -0.2) is 24.5 Å². The second-order valence-electron chi connectivity index (χ2n) is 10.9. The maximum absolute atomic E-state index is 13.4. The van der Waals surface area contributed by atoms with Crippen LogP contribution in [0.15, 0.2) is 23.8 Å². The lowest BCUT2D eigenvalue weighted by Gasteiger charge is -2.33. The molecule has 21 nitrogen and oxygen atoms in total. The first-order valence-corrected chi connectivity index (χ1v) is 18.5. The fourth-order valence-corrected chi connectivity index (χ4v) is 10.1. The van der Waals surface area contributed by atoms with Crippen molar-refractivity contribution < 1.29 is 47.0 Å². The standard InChI is InChI=1S/C21H24N10O11P2S2/c22-14-8-15(25-4-24-14)30(5-26-8)18-12-13-21(40-18,2-37-12)3-39-44(36,45)41-11-10(32)7(1-38-43(34,35)42-13)46-19(11)31-6-27-9-16(31)28-20(23)29-17(9)33/h4-7,10-13,18-19,32H,1-3H2,(H,34,35)(H,36,45)(H2,22,24,25)(H3,23,28,29,33)/t7-,10-,11-,12-,13+,18-,19-,21-,44?/m1/s1. The third kappa shape index (κ3) is 4.89. The molecule has 46 heavy (non-hydrogen) atoms. The summed E-state index contributed by atoms with van der Waals surface area (Å²) >= 11 is 6.40. The zero-order valence-corrected chi connectivity index (χ0v) is 26.4. The summed E-state index contributed by atoms with van der Waals surface area (Å²) < 4.78 is 51.3. The molecule has 0 amide bonds. The van der Waals surface area contributed by atoms with Crippen LogP contribution < -0.4 is 17.0 Å². The first-order chi connectivity index (χ1) is 21.8. The Labute approximate surface area is 265 Å². The van der Waals surface area contributed by atoms with Crippen molar-refractivity contribution in [3.05, 3.63) is 29.3 Å². The minimum absolute atomic E-state index is 0.0428. The fourth-order valence-electron chi connectivity index (χ4n) is 5.97. The number of nitrogens with two attached hydrogens (primary N) is 2. The summed E-state index contributed by atoms with van der Waals surface area (Å²) in [6.07, 6.45) is -2.06. The molecule has 0 saturated carbocycles. The van der Waals surface area contributed by atoms with Crippen molar-refractivity contribution in [2.75, 3.05) is 31.3 Å². The van der Waals surface area contributed by atoms with E-state index in [1.165, 1.54) is 28.1 Å². The minimum Gasteiger partial charge on any atom is -0.389 e. The Bertz CT molecular complexity index is 2030. The minimum atomic E-state index is -4.87. The molecule has 4 aromatic rings. The number of fused-ring (bicyclic) bond motifs is 4. The van der Waals surface area contributed by atoms with Crippen molar-refractivity contribution in [3.8, 4) is 0 Å². The summed E-state index contributed by atoms with van der Waals surface area (Å²) in [6.45, 7) is -5.42. The summed E-state index contributed by atoms with van der Waals surface area (Å²) in [5.74, 6) is -0.0566. The van der Waals surface area contributed by atoms with E-state index < -0.39 is 80.2 Å². The SMILES string of the molecule is Nc1nc2c(ncn2[C@@H]2S[C@@H]3COP(=O)(O)O[C@H]4[C@H]5OC[C@]4(COP(O)(=S)O[C@@H]2[C@@H]3O)O[C@H]5n2cnc3c(N)ncnc32)c(=O)[nH]1. The molecule has 4 aliphatic heterocycles. The van der Waals surface area contributed by atoms with Crippen molar-refractivity contribution in [2.45, 2.75) is 46.9 Å². The number of rotatable bonds is 2. The molecule has 246 valence electrons. The van der Waals surface area contributed by atoms with Crippen LogP contribution in [0, 0.1) is 0 Å². The van der Waals surface area contributed by atoms with E-state index in [1.54, 1.807) is 0 Å². The number of phosphoric acid groups is 1. The Balaban J connectivity index is 1.14. The number of H-pyrrole nitrogens is 1. The van der Waals surface area contributed by atoms with Gasteiger partial charge in [-0.2, -0.15) is 4.98 Å². The highest BCUT2D eigenvalue weighted by molar-refractivity contribution is 8.07. The average molecular weight is 719 g/mol. The number of aromatic nitrogens is 8. The fraction of sp³-hybridized carbons (Fsp3) is 0.524. The number of nitrogen functional groups attached to an aromatic ring is 2. The number of nitrogens with zero attached hydrogens (tertiary/aromatic N) is 7. The molecule has 8 N–H and O–H groups in total. The van der Waals surface area contributed by atoms with Crippen LogP contribution in [0.4, 0.5) is 11.8 Å². The lowest BCUT2D eigenvalue weighted by atomic mass is 10.0. The average Bonchev–Trinajstić information content (AvgIpc) is 3.80. The molecule has 0 aliphatic carbocycles. The van der Waals surface area contributed by atoms with Crippen LogP contribution in [-0.2, 0) is 43.9 Å². The van der Waals surface area contributed by atoms with Crippen LogP contribution in [0.3, 0.4) is 0 Å². The normalized spacial score (nSPS) is 39.7. The molecule has 4 fully saturated rings. The number of phosphoric ester groups is 1. The van der Waals surface area contributed by atoms with Crippen LogP contribution in [0.25, 0.3) is 22.3 Å². The van der Waals surface area contributed by atoms with E-state index in [-0.39, 0.29) is 29.5 Å². The third-order valence-corrected chi connectivity index (χ3v) is 12.1. The number of hydrogen-bond acceptors (Lipinski definition) is 18. The molecule has 0 spiro atoms. The van der Waals surface area contributed by atoms with E-state index in [0.717, 1.165) is 11.8 Å². The summed E-state index contributed by atoms with van der Waals surface area (Å²) in [5.41, 5.74) is 10.1. The molecule has 0 radical (unpaired) electrons.